The van der Waals surface area contributed by atoms with Crippen LogP contribution in [-0.4, -0.2) is 23.4 Å². The summed E-state index contributed by atoms with van der Waals surface area (Å²) in [6, 6.07) is 17.6. The van der Waals surface area contributed by atoms with Gasteiger partial charge >= 0.3 is 5.97 Å². The number of nitro benzene ring substituents is 1. The van der Waals surface area contributed by atoms with Crippen molar-refractivity contribution >= 4 is 39.6 Å². The maximum Gasteiger partial charge on any atom is 0.363 e. The van der Waals surface area contributed by atoms with Crippen molar-refractivity contribution in [3.8, 4) is 11.5 Å². The van der Waals surface area contributed by atoms with Crippen molar-refractivity contribution in [1.29, 1.82) is 0 Å². The summed E-state index contributed by atoms with van der Waals surface area (Å²) >= 11 is 3.45. The van der Waals surface area contributed by atoms with Gasteiger partial charge in [0, 0.05) is 21.7 Å². The number of nitro groups is 1. The molecule has 3 aromatic carbocycles. The molecule has 0 atom stereocenters. The third kappa shape index (κ3) is 5.75. The number of hydrogen-bond donors (Lipinski definition) is 0. The number of halogens is 1. The monoisotopic (exact) mass is 536 g/mol. The van der Waals surface area contributed by atoms with E-state index >= 15 is 0 Å². The van der Waals surface area contributed by atoms with Crippen molar-refractivity contribution in [3.63, 3.8) is 0 Å². The number of esters is 1. The summed E-state index contributed by atoms with van der Waals surface area (Å²) in [5.41, 5.74) is 2.71. The highest BCUT2D eigenvalue weighted by Crippen LogP contribution is 2.31. The molecule has 0 saturated carbocycles. The van der Waals surface area contributed by atoms with Gasteiger partial charge in [0.1, 0.15) is 6.61 Å². The van der Waals surface area contributed by atoms with Gasteiger partial charge in [0.05, 0.1) is 11.5 Å². The van der Waals surface area contributed by atoms with Crippen molar-refractivity contribution < 1.29 is 23.9 Å². The smallest absolute Gasteiger partial charge is 0.363 e. The molecule has 0 bridgehead atoms. The second-order valence-electron chi connectivity index (χ2n) is 7.65. The number of benzene rings is 3. The highest BCUT2D eigenvalue weighted by Gasteiger charge is 2.25. The lowest BCUT2D eigenvalue weighted by Crippen LogP contribution is -2.06. The molecule has 0 radical (unpaired) electrons. The first-order valence-electron chi connectivity index (χ1n) is 10.8. The Morgan fingerprint density at radius 2 is 1.91 bits per heavy atom. The molecule has 1 aliphatic heterocycles. The highest BCUT2D eigenvalue weighted by atomic mass is 79.9. The van der Waals surface area contributed by atoms with Crippen LogP contribution in [0, 0.1) is 17.0 Å². The number of cyclic esters (lactones) is 1. The molecule has 3 aromatic rings. The van der Waals surface area contributed by atoms with Gasteiger partial charge in [-0.2, -0.15) is 0 Å². The van der Waals surface area contributed by atoms with Crippen LogP contribution < -0.4 is 9.47 Å². The Kier molecular flexibility index (Phi) is 7.26. The fourth-order valence-corrected chi connectivity index (χ4v) is 3.92. The van der Waals surface area contributed by atoms with Crippen molar-refractivity contribution in [2.75, 3.05) is 6.61 Å². The molecule has 0 amide bonds. The highest BCUT2D eigenvalue weighted by molar-refractivity contribution is 9.10. The van der Waals surface area contributed by atoms with Crippen LogP contribution in [0.4, 0.5) is 5.69 Å². The van der Waals surface area contributed by atoms with Gasteiger partial charge in [-0.25, -0.2) is 9.79 Å². The second-order valence-corrected chi connectivity index (χ2v) is 8.57. The van der Waals surface area contributed by atoms with Crippen molar-refractivity contribution in [2.45, 2.75) is 20.5 Å². The largest absolute Gasteiger partial charge is 0.490 e. The molecule has 4 rings (SSSR count). The van der Waals surface area contributed by atoms with E-state index in [-0.39, 0.29) is 17.3 Å². The molecule has 0 aliphatic carbocycles. The third-order valence-electron chi connectivity index (χ3n) is 5.12. The molecule has 9 heteroatoms. The number of rotatable bonds is 8. The Morgan fingerprint density at radius 1 is 1.09 bits per heavy atom. The average molecular weight is 537 g/mol. The van der Waals surface area contributed by atoms with Crippen LogP contribution in [0.3, 0.4) is 0 Å². The van der Waals surface area contributed by atoms with E-state index in [1.807, 2.05) is 31.2 Å². The number of aliphatic imine (C=N–C) groups is 1. The minimum Gasteiger partial charge on any atom is -0.490 e. The molecular weight excluding hydrogens is 516 g/mol. The Balaban J connectivity index is 1.56. The van der Waals surface area contributed by atoms with Crippen LogP contribution in [0.5, 0.6) is 11.5 Å². The first kappa shape index (κ1) is 24.2. The number of ether oxygens (including phenoxy) is 3. The summed E-state index contributed by atoms with van der Waals surface area (Å²) in [5.74, 6) is 0.606. The van der Waals surface area contributed by atoms with E-state index < -0.39 is 10.9 Å². The fourth-order valence-electron chi connectivity index (χ4n) is 3.47. The quantitative estimate of drug-likeness (QED) is 0.152. The fraction of sp³-hybridized carbons (Fsp3) is 0.154. The topological polar surface area (TPSA) is 100 Å². The average Bonchev–Trinajstić information content (AvgIpc) is 3.18. The van der Waals surface area contributed by atoms with Crippen molar-refractivity contribution in [3.05, 3.63) is 103 Å². The lowest BCUT2D eigenvalue weighted by molar-refractivity contribution is -0.385. The lowest BCUT2D eigenvalue weighted by Gasteiger charge is -2.13. The summed E-state index contributed by atoms with van der Waals surface area (Å²) in [4.78, 5) is 27.3. The van der Waals surface area contributed by atoms with Gasteiger partial charge in [-0.1, -0.05) is 34.1 Å². The van der Waals surface area contributed by atoms with Gasteiger partial charge in [0.2, 0.25) is 5.90 Å². The van der Waals surface area contributed by atoms with Crippen LogP contribution in [0.1, 0.15) is 29.2 Å². The summed E-state index contributed by atoms with van der Waals surface area (Å²) in [5, 5.41) is 11.0. The molecule has 0 fully saturated rings. The second kappa shape index (κ2) is 10.5. The molecule has 0 aromatic heterocycles. The number of carbonyl (C=O) groups excluding carboxylic acids is 1. The van der Waals surface area contributed by atoms with Gasteiger partial charge in [0.15, 0.2) is 17.2 Å². The zero-order valence-corrected chi connectivity index (χ0v) is 20.6. The first-order valence-corrected chi connectivity index (χ1v) is 11.6. The van der Waals surface area contributed by atoms with Gasteiger partial charge < -0.3 is 14.2 Å². The van der Waals surface area contributed by atoms with Crippen molar-refractivity contribution in [1.82, 2.24) is 0 Å². The van der Waals surface area contributed by atoms with E-state index in [1.54, 1.807) is 37.3 Å². The molecule has 0 unspecified atom stereocenters. The predicted molar refractivity (Wildman–Crippen MR) is 135 cm³/mol. The Hall–Kier alpha value is -3.98. The standard InChI is InChI=1S/C26H21BrN2O6/c1-3-33-24-14-17(7-10-23(24)34-15-18-5-4-6-20(27)12-18)13-21-26(30)35-25(28-21)19-8-9-22(29(31)32)16(2)11-19/h4-14H,3,15H2,1-2H3/b21-13-. The van der Waals surface area contributed by atoms with E-state index in [1.165, 1.54) is 12.1 Å². The molecule has 1 aliphatic rings. The molecule has 0 saturated heterocycles. The van der Waals surface area contributed by atoms with E-state index in [9.17, 15) is 14.9 Å². The van der Waals surface area contributed by atoms with Crippen LogP contribution in [0.2, 0.25) is 0 Å². The number of aryl methyl sites for hydroxylation is 1. The van der Waals surface area contributed by atoms with Crippen LogP contribution >= 0.6 is 15.9 Å². The molecular formula is C26H21BrN2O6. The van der Waals surface area contributed by atoms with Gasteiger partial charge in [-0.3, -0.25) is 10.1 Å². The van der Waals surface area contributed by atoms with E-state index in [0.29, 0.717) is 41.4 Å². The van der Waals surface area contributed by atoms with Crippen molar-refractivity contribution in [2.24, 2.45) is 4.99 Å². The lowest BCUT2D eigenvalue weighted by atomic mass is 10.1. The van der Waals surface area contributed by atoms with Gasteiger partial charge in [-0.05, 0) is 67.4 Å². The maximum absolute atomic E-state index is 12.4. The van der Waals surface area contributed by atoms with Crippen LogP contribution in [0.25, 0.3) is 6.08 Å². The number of nitrogens with zero attached hydrogens (tertiary/aromatic N) is 2. The van der Waals surface area contributed by atoms with Crippen LogP contribution in [-0.2, 0) is 16.1 Å². The minimum atomic E-state index is -0.607. The normalized spacial score (nSPS) is 14.0. The summed E-state index contributed by atoms with van der Waals surface area (Å²) in [7, 11) is 0. The molecule has 0 spiro atoms. The molecule has 1 heterocycles. The number of carbonyl (C=O) groups is 1. The summed E-state index contributed by atoms with van der Waals surface area (Å²) < 4.78 is 18.0. The maximum atomic E-state index is 12.4. The summed E-state index contributed by atoms with van der Waals surface area (Å²) in [6.45, 7) is 4.30. The zero-order valence-electron chi connectivity index (χ0n) is 19.0. The minimum absolute atomic E-state index is 0.0138. The molecule has 178 valence electrons. The first-order chi connectivity index (χ1) is 16.8. The van der Waals surface area contributed by atoms with Gasteiger partial charge in [-0.15, -0.1) is 0 Å². The van der Waals surface area contributed by atoms with E-state index in [4.69, 9.17) is 14.2 Å². The third-order valence-corrected chi connectivity index (χ3v) is 5.61. The molecule has 8 nitrogen and oxygen atoms in total. The van der Waals surface area contributed by atoms with E-state index in [2.05, 4.69) is 20.9 Å². The Bertz CT molecular complexity index is 1370. The summed E-state index contributed by atoms with van der Waals surface area (Å²) in [6.07, 6.45) is 1.59. The Morgan fingerprint density at radius 3 is 2.63 bits per heavy atom. The van der Waals surface area contributed by atoms with E-state index in [0.717, 1.165) is 10.0 Å². The number of hydrogen-bond acceptors (Lipinski definition) is 7. The van der Waals surface area contributed by atoms with Crippen LogP contribution in [0.15, 0.2) is 75.8 Å². The SMILES string of the molecule is CCOc1cc(/C=C2\N=C(c3ccc([N+](=O)[O-])c(C)c3)OC2=O)ccc1OCc1cccc(Br)c1. The van der Waals surface area contributed by atoms with Gasteiger partial charge in [0.25, 0.3) is 5.69 Å². The zero-order chi connectivity index (χ0) is 24.9. The molecule has 0 N–H and O–H groups in total. The molecule has 35 heavy (non-hydrogen) atoms. The Labute approximate surface area is 210 Å². The predicted octanol–water partition coefficient (Wildman–Crippen LogP) is 5.99.